The van der Waals surface area contributed by atoms with E-state index in [2.05, 4.69) is 49.4 Å². The van der Waals surface area contributed by atoms with Crippen LogP contribution < -0.4 is 5.32 Å². The average molecular weight is 286 g/mol. The number of amides is 1. The molecule has 0 saturated carbocycles. The van der Waals surface area contributed by atoms with Crippen molar-refractivity contribution in [2.75, 3.05) is 19.0 Å². The lowest BCUT2D eigenvalue weighted by Crippen LogP contribution is -2.30. The molecule has 1 aromatic carbocycles. The van der Waals surface area contributed by atoms with Crippen LogP contribution in [-0.2, 0) is 24.2 Å². The Bertz CT molecular complexity index is 624. The molecule has 2 N–H and O–H groups in total. The SMILES string of the molecule is COC(=O)Nc1n[nH]c2c1CCN(Cc1ccccc1)C2. The van der Waals surface area contributed by atoms with Crippen LogP contribution in [0.15, 0.2) is 30.3 Å². The number of hydrogen-bond donors (Lipinski definition) is 2. The van der Waals surface area contributed by atoms with Crippen LogP contribution in [0.2, 0.25) is 0 Å². The van der Waals surface area contributed by atoms with Crippen molar-refractivity contribution in [1.82, 2.24) is 15.1 Å². The molecule has 2 aromatic rings. The molecule has 6 nitrogen and oxygen atoms in total. The van der Waals surface area contributed by atoms with Gasteiger partial charge < -0.3 is 4.74 Å². The summed E-state index contributed by atoms with van der Waals surface area (Å²) in [5, 5.41) is 9.82. The molecule has 1 aliphatic rings. The standard InChI is InChI=1S/C15H18N4O2/c1-21-15(20)16-14-12-7-8-19(10-13(12)17-18-14)9-11-5-3-2-4-6-11/h2-6H,7-10H2,1H3,(H2,16,17,18,20). The first-order valence-electron chi connectivity index (χ1n) is 6.93. The van der Waals surface area contributed by atoms with Gasteiger partial charge in [0.2, 0.25) is 0 Å². The molecule has 21 heavy (non-hydrogen) atoms. The van der Waals surface area contributed by atoms with E-state index < -0.39 is 6.09 Å². The Morgan fingerprint density at radius 2 is 2.24 bits per heavy atom. The minimum Gasteiger partial charge on any atom is -0.453 e. The van der Waals surface area contributed by atoms with Crippen LogP contribution in [0.5, 0.6) is 0 Å². The van der Waals surface area contributed by atoms with Crippen molar-refractivity contribution in [3.05, 3.63) is 47.2 Å². The molecule has 0 saturated heterocycles. The summed E-state index contributed by atoms with van der Waals surface area (Å²) in [5.74, 6) is 0.580. The first kappa shape index (κ1) is 13.6. The highest BCUT2D eigenvalue weighted by atomic mass is 16.5. The van der Waals surface area contributed by atoms with Crippen molar-refractivity contribution in [3.63, 3.8) is 0 Å². The molecule has 1 amide bonds. The summed E-state index contributed by atoms with van der Waals surface area (Å²) in [6.07, 6.45) is 0.369. The van der Waals surface area contributed by atoms with Gasteiger partial charge in [-0.2, -0.15) is 5.10 Å². The van der Waals surface area contributed by atoms with E-state index in [1.807, 2.05) is 6.07 Å². The molecule has 0 atom stereocenters. The first-order chi connectivity index (χ1) is 10.3. The zero-order valence-corrected chi connectivity index (χ0v) is 11.9. The van der Waals surface area contributed by atoms with Gasteiger partial charge in [0.25, 0.3) is 0 Å². The number of nitrogens with zero attached hydrogens (tertiary/aromatic N) is 2. The molecule has 0 aliphatic carbocycles. The molecule has 2 heterocycles. The summed E-state index contributed by atoms with van der Waals surface area (Å²) in [6, 6.07) is 10.4. The van der Waals surface area contributed by atoms with Crippen LogP contribution in [0.1, 0.15) is 16.8 Å². The molecule has 3 rings (SSSR count). The summed E-state index contributed by atoms with van der Waals surface area (Å²) in [6.45, 7) is 2.66. The normalized spacial score (nSPS) is 14.5. The lowest BCUT2D eigenvalue weighted by Gasteiger charge is -2.26. The third-order valence-electron chi connectivity index (χ3n) is 3.67. The van der Waals surface area contributed by atoms with Gasteiger partial charge >= 0.3 is 6.09 Å². The van der Waals surface area contributed by atoms with E-state index in [1.54, 1.807) is 0 Å². The Morgan fingerprint density at radius 3 is 3.00 bits per heavy atom. The van der Waals surface area contributed by atoms with Crippen molar-refractivity contribution in [2.45, 2.75) is 19.5 Å². The van der Waals surface area contributed by atoms with Gasteiger partial charge in [-0.15, -0.1) is 0 Å². The number of aromatic nitrogens is 2. The number of fused-ring (bicyclic) bond motifs is 1. The van der Waals surface area contributed by atoms with E-state index in [0.29, 0.717) is 5.82 Å². The molecule has 6 heteroatoms. The zero-order chi connectivity index (χ0) is 14.7. The summed E-state index contributed by atoms with van der Waals surface area (Å²) >= 11 is 0. The smallest absolute Gasteiger partial charge is 0.412 e. The molecule has 0 bridgehead atoms. The average Bonchev–Trinajstić information content (AvgIpc) is 2.90. The third kappa shape index (κ3) is 3.05. The molecule has 110 valence electrons. The van der Waals surface area contributed by atoms with Crippen molar-refractivity contribution < 1.29 is 9.53 Å². The van der Waals surface area contributed by atoms with Gasteiger partial charge in [-0.1, -0.05) is 30.3 Å². The minimum atomic E-state index is -0.490. The number of ether oxygens (including phenoxy) is 1. The quantitative estimate of drug-likeness (QED) is 0.907. The number of H-pyrrole nitrogens is 1. The van der Waals surface area contributed by atoms with E-state index in [-0.39, 0.29) is 0 Å². The van der Waals surface area contributed by atoms with Crippen LogP contribution in [0.3, 0.4) is 0 Å². The second kappa shape index (κ2) is 5.97. The summed E-state index contributed by atoms with van der Waals surface area (Å²) < 4.78 is 4.60. The molecule has 1 aromatic heterocycles. The number of methoxy groups -OCH3 is 1. The van der Waals surface area contributed by atoms with E-state index in [9.17, 15) is 4.79 Å². The number of nitrogens with one attached hydrogen (secondary N) is 2. The molecule has 0 fully saturated rings. The van der Waals surface area contributed by atoms with Gasteiger partial charge in [-0.05, 0) is 12.0 Å². The Morgan fingerprint density at radius 1 is 1.43 bits per heavy atom. The van der Waals surface area contributed by atoms with Crippen LogP contribution in [-0.4, -0.2) is 34.8 Å². The van der Waals surface area contributed by atoms with E-state index in [0.717, 1.165) is 37.3 Å². The fraction of sp³-hybridized carbons (Fsp3) is 0.333. The Labute approximate surface area is 123 Å². The van der Waals surface area contributed by atoms with E-state index in [4.69, 9.17) is 0 Å². The molecular weight excluding hydrogens is 268 g/mol. The number of carbonyl (C=O) groups is 1. The lowest BCUT2D eigenvalue weighted by molar-refractivity contribution is 0.186. The fourth-order valence-corrected chi connectivity index (χ4v) is 2.60. The second-order valence-electron chi connectivity index (χ2n) is 5.09. The van der Waals surface area contributed by atoms with Gasteiger partial charge in [0, 0.05) is 25.2 Å². The maximum atomic E-state index is 11.3. The Hall–Kier alpha value is -2.34. The zero-order valence-electron chi connectivity index (χ0n) is 11.9. The van der Waals surface area contributed by atoms with Gasteiger partial charge in [0.15, 0.2) is 5.82 Å². The topological polar surface area (TPSA) is 70.2 Å². The minimum absolute atomic E-state index is 0.490. The number of rotatable bonds is 3. The number of carbonyl (C=O) groups excluding carboxylic acids is 1. The Balaban J connectivity index is 1.68. The van der Waals surface area contributed by atoms with Crippen LogP contribution >= 0.6 is 0 Å². The highest BCUT2D eigenvalue weighted by Gasteiger charge is 2.22. The van der Waals surface area contributed by atoms with Crippen molar-refractivity contribution in [3.8, 4) is 0 Å². The predicted octanol–water partition coefficient (Wildman–Crippen LogP) is 2.15. The van der Waals surface area contributed by atoms with Gasteiger partial charge in [-0.3, -0.25) is 15.3 Å². The maximum Gasteiger partial charge on any atom is 0.412 e. The highest BCUT2D eigenvalue weighted by Crippen LogP contribution is 2.24. The molecule has 0 radical (unpaired) electrons. The summed E-state index contributed by atoms with van der Waals surface area (Å²) in [4.78, 5) is 13.6. The van der Waals surface area contributed by atoms with Crippen LogP contribution in [0.25, 0.3) is 0 Å². The van der Waals surface area contributed by atoms with E-state index >= 15 is 0 Å². The van der Waals surface area contributed by atoms with Crippen molar-refractivity contribution in [1.29, 1.82) is 0 Å². The molecule has 0 unspecified atom stereocenters. The number of anilines is 1. The molecular formula is C15H18N4O2. The summed E-state index contributed by atoms with van der Waals surface area (Å²) in [5.41, 5.74) is 3.43. The maximum absolute atomic E-state index is 11.3. The predicted molar refractivity (Wildman–Crippen MR) is 78.9 cm³/mol. The largest absolute Gasteiger partial charge is 0.453 e. The Kier molecular flexibility index (Phi) is 3.87. The van der Waals surface area contributed by atoms with Crippen molar-refractivity contribution in [2.24, 2.45) is 0 Å². The fourth-order valence-electron chi connectivity index (χ4n) is 2.60. The first-order valence-corrected chi connectivity index (χ1v) is 6.93. The molecule has 0 spiro atoms. The number of hydrogen-bond acceptors (Lipinski definition) is 4. The van der Waals surface area contributed by atoms with Gasteiger partial charge in [0.05, 0.1) is 12.8 Å². The van der Waals surface area contributed by atoms with Crippen LogP contribution in [0, 0.1) is 0 Å². The van der Waals surface area contributed by atoms with E-state index in [1.165, 1.54) is 12.7 Å². The monoisotopic (exact) mass is 286 g/mol. The molecule has 1 aliphatic heterocycles. The summed E-state index contributed by atoms with van der Waals surface area (Å²) in [7, 11) is 1.34. The van der Waals surface area contributed by atoms with Crippen molar-refractivity contribution >= 4 is 11.9 Å². The number of aromatic amines is 1. The highest BCUT2D eigenvalue weighted by molar-refractivity contribution is 5.84. The lowest BCUT2D eigenvalue weighted by atomic mass is 10.1. The van der Waals surface area contributed by atoms with Crippen LogP contribution in [0.4, 0.5) is 10.6 Å². The third-order valence-corrected chi connectivity index (χ3v) is 3.67. The van der Waals surface area contributed by atoms with Gasteiger partial charge in [-0.25, -0.2) is 4.79 Å². The van der Waals surface area contributed by atoms with Gasteiger partial charge in [0.1, 0.15) is 0 Å². The second-order valence-corrected chi connectivity index (χ2v) is 5.09. The number of benzene rings is 1.